The number of benzene rings is 3. The van der Waals surface area contributed by atoms with E-state index in [0.717, 1.165) is 15.9 Å². The standard InChI is InChI=1S/C22H15F6O2S/c23-21(24,25)20(22(26,27)28)30-19(29)15-8-7-13-18(14-15)31(16-9-3-1-4-10-16)17-11-5-2-6-12-17/h1-14,20H/q+1. The predicted octanol–water partition coefficient (Wildman–Crippen LogP) is 6.43. The minimum Gasteiger partial charge on any atom is -0.439 e. The van der Waals surface area contributed by atoms with Gasteiger partial charge in [0.25, 0.3) is 6.10 Å². The van der Waals surface area contributed by atoms with Gasteiger partial charge in [-0.05, 0) is 36.4 Å². The molecule has 0 amide bonds. The Morgan fingerprint density at radius 3 is 1.58 bits per heavy atom. The minimum absolute atomic E-state index is 0.402. The van der Waals surface area contributed by atoms with Crippen molar-refractivity contribution in [2.45, 2.75) is 33.1 Å². The Hall–Kier alpha value is -2.94. The summed E-state index contributed by atoms with van der Waals surface area (Å²) in [5.74, 6) is -1.70. The van der Waals surface area contributed by atoms with Crippen LogP contribution in [0.3, 0.4) is 0 Å². The third-order valence-corrected chi connectivity index (χ3v) is 6.30. The molecule has 3 rings (SSSR count). The number of carbonyl (C=O) groups excluding carboxylic acids is 1. The average Bonchev–Trinajstić information content (AvgIpc) is 2.72. The molecule has 0 unspecified atom stereocenters. The van der Waals surface area contributed by atoms with Crippen molar-refractivity contribution in [2.24, 2.45) is 0 Å². The van der Waals surface area contributed by atoms with E-state index < -0.39 is 40.9 Å². The highest BCUT2D eigenvalue weighted by Gasteiger charge is 2.60. The summed E-state index contributed by atoms with van der Waals surface area (Å²) in [7, 11) is -0.741. The number of alkyl halides is 6. The Bertz CT molecular complexity index is 966. The Kier molecular flexibility index (Phi) is 6.64. The summed E-state index contributed by atoms with van der Waals surface area (Å²) >= 11 is 0. The Morgan fingerprint density at radius 2 is 1.13 bits per heavy atom. The van der Waals surface area contributed by atoms with Gasteiger partial charge in [-0.3, -0.25) is 0 Å². The zero-order valence-electron chi connectivity index (χ0n) is 15.7. The first kappa shape index (κ1) is 22.7. The van der Waals surface area contributed by atoms with Crippen molar-refractivity contribution >= 4 is 16.9 Å². The molecule has 9 heteroatoms. The van der Waals surface area contributed by atoms with Crippen LogP contribution in [0.15, 0.2) is 99.6 Å². The number of ether oxygens (including phenoxy) is 1. The molecule has 0 fully saturated rings. The summed E-state index contributed by atoms with van der Waals surface area (Å²) in [6, 6.07) is 23.7. The molecular formula is C22H15F6O2S+. The molecule has 0 N–H and O–H groups in total. The molecule has 0 bridgehead atoms. The van der Waals surface area contributed by atoms with E-state index in [1.165, 1.54) is 12.1 Å². The second kappa shape index (κ2) is 9.05. The van der Waals surface area contributed by atoms with Crippen LogP contribution < -0.4 is 0 Å². The molecule has 0 aliphatic rings. The van der Waals surface area contributed by atoms with Crippen molar-refractivity contribution in [3.05, 3.63) is 90.5 Å². The van der Waals surface area contributed by atoms with Gasteiger partial charge in [-0.2, -0.15) is 26.3 Å². The first-order valence-electron chi connectivity index (χ1n) is 8.86. The second-order valence-corrected chi connectivity index (χ2v) is 8.36. The lowest BCUT2D eigenvalue weighted by atomic mass is 10.2. The quantitative estimate of drug-likeness (QED) is 0.251. The third-order valence-electron chi connectivity index (χ3n) is 4.08. The summed E-state index contributed by atoms with van der Waals surface area (Å²) in [6.45, 7) is 0. The zero-order chi connectivity index (χ0) is 22.6. The van der Waals surface area contributed by atoms with Crippen LogP contribution in [0.1, 0.15) is 10.4 Å². The summed E-state index contributed by atoms with van der Waals surface area (Å²) in [4.78, 5) is 14.4. The van der Waals surface area contributed by atoms with Crippen LogP contribution in [0, 0.1) is 0 Å². The van der Waals surface area contributed by atoms with Crippen LogP contribution in [-0.4, -0.2) is 24.4 Å². The van der Waals surface area contributed by atoms with E-state index in [4.69, 9.17) is 0 Å². The van der Waals surface area contributed by atoms with Crippen molar-refractivity contribution in [3.63, 3.8) is 0 Å². The number of halogens is 6. The lowest BCUT2D eigenvalue weighted by Gasteiger charge is -2.22. The molecule has 0 atom stereocenters. The van der Waals surface area contributed by atoms with Crippen LogP contribution in [-0.2, 0) is 15.6 Å². The average molecular weight is 457 g/mol. The molecule has 0 aromatic heterocycles. The van der Waals surface area contributed by atoms with E-state index in [9.17, 15) is 31.1 Å². The van der Waals surface area contributed by atoms with Gasteiger partial charge in [0.1, 0.15) is 0 Å². The Morgan fingerprint density at radius 1 is 0.677 bits per heavy atom. The van der Waals surface area contributed by atoms with Crippen LogP contribution in [0.4, 0.5) is 26.3 Å². The largest absolute Gasteiger partial charge is 0.439 e. The topological polar surface area (TPSA) is 26.3 Å². The van der Waals surface area contributed by atoms with Gasteiger partial charge in [-0.25, -0.2) is 4.79 Å². The SMILES string of the molecule is O=C(OC(C(F)(F)F)C(F)(F)F)c1cccc([S+](c2ccccc2)c2ccccc2)c1. The maximum atomic E-state index is 12.7. The van der Waals surface area contributed by atoms with Gasteiger partial charge in [0.05, 0.1) is 16.5 Å². The normalized spacial score (nSPS) is 12.3. The number of hydrogen-bond acceptors (Lipinski definition) is 2. The van der Waals surface area contributed by atoms with Gasteiger partial charge in [0.2, 0.25) is 0 Å². The minimum atomic E-state index is -5.77. The Labute approximate surface area is 176 Å². The molecular weight excluding hydrogens is 442 g/mol. The van der Waals surface area contributed by atoms with Crippen molar-refractivity contribution < 1.29 is 35.9 Å². The third kappa shape index (κ3) is 5.61. The van der Waals surface area contributed by atoms with Crippen molar-refractivity contribution in [1.29, 1.82) is 0 Å². The monoisotopic (exact) mass is 457 g/mol. The molecule has 0 saturated heterocycles. The molecule has 2 nitrogen and oxygen atoms in total. The highest BCUT2D eigenvalue weighted by Crippen LogP contribution is 2.37. The summed E-state index contributed by atoms with van der Waals surface area (Å²) in [5, 5.41) is 0. The van der Waals surface area contributed by atoms with Crippen molar-refractivity contribution in [2.75, 3.05) is 0 Å². The van der Waals surface area contributed by atoms with E-state index in [2.05, 4.69) is 4.74 Å². The van der Waals surface area contributed by atoms with Crippen LogP contribution in [0.25, 0.3) is 0 Å². The van der Waals surface area contributed by atoms with E-state index in [1.54, 1.807) is 6.07 Å². The summed E-state index contributed by atoms with van der Waals surface area (Å²) in [6.07, 6.45) is -15.7. The van der Waals surface area contributed by atoms with Crippen LogP contribution in [0.5, 0.6) is 0 Å². The highest BCUT2D eigenvalue weighted by atomic mass is 32.2. The lowest BCUT2D eigenvalue weighted by Crippen LogP contribution is -2.45. The van der Waals surface area contributed by atoms with Crippen molar-refractivity contribution in [3.8, 4) is 0 Å². The highest BCUT2D eigenvalue weighted by molar-refractivity contribution is 7.97. The number of rotatable bonds is 5. The van der Waals surface area contributed by atoms with Gasteiger partial charge in [0.15, 0.2) is 14.7 Å². The molecule has 162 valence electrons. The first-order valence-corrected chi connectivity index (χ1v) is 10.1. The molecule has 31 heavy (non-hydrogen) atoms. The number of hydrogen-bond donors (Lipinski definition) is 0. The molecule has 0 heterocycles. The maximum absolute atomic E-state index is 12.7. The first-order chi connectivity index (χ1) is 14.6. The van der Waals surface area contributed by atoms with Gasteiger partial charge in [-0.15, -0.1) is 0 Å². The molecule has 0 spiro atoms. The van der Waals surface area contributed by atoms with Crippen LogP contribution >= 0.6 is 0 Å². The van der Waals surface area contributed by atoms with E-state index >= 15 is 0 Å². The maximum Gasteiger partial charge on any atom is 0.434 e. The zero-order valence-corrected chi connectivity index (χ0v) is 16.5. The molecule has 0 aliphatic heterocycles. The van der Waals surface area contributed by atoms with Crippen LogP contribution in [0.2, 0.25) is 0 Å². The van der Waals surface area contributed by atoms with E-state index in [-0.39, 0.29) is 0 Å². The van der Waals surface area contributed by atoms with Crippen molar-refractivity contribution in [1.82, 2.24) is 0 Å². The molecule has 0 aliphatic carbocycles. The summed E-state index contributed by atoms with van der Waals surface area (Å²) in [5.41, 5.74) is -0.402. The number of esters is 1. The molecule has 3 aromatic carbocycles. The molecule has 0 radical (unpaired) electrons. The number of carbonyl (C=O) groups is 1. The van der Waals surface area contributed by atoms with E-state index in [0.29, 0.717) is 4.90 Å². The van der Waals surface area contributed by atoms with Gasteiger partial charge >= 0.3 is 18.3 Å². The predicted molar refractivity (Wildman–Crippen MR) is 103 cm³/mol. The van der Waals surface area contributed by atoms with Gasteiger partial charge < -0.3 is 4.74 Å². The smallest absolute Gasteiger partial charge is 0.434 e. The fourth-order valence-electron chi connectivity index (χ4n) is 2.77. The molecule has 0 saturated carbocycles. The van der Waals surface area contributed by atoms with Gasteiger partial charge in [-0.1, -0.05) is 42.5 Å². The second-order valence-electron chi connectivity index (χ2n) is 6.33. The fraction of sp³-hybridized carbons (Fsp3) is 0.136. The fourth-order valence-corrected chi connectivity index (χ4v) is 4.90. The Balaban J connectivity index is 1.98. The van der Waals surface area contributed by atoms with Gasteiger partial charge in [0, 0.05) is 6.07 Å². The van der Waals surface area contributed by atoms with E-state index in [1.807, 2.05) is 60.7 Å². The summed E-state index contributed by atoms with van der Waals surface area (Å²) < 4.78 is 80.3. The molecule has 3 aromatic rings. The lowest BCUT2D eigenvalue weighted by molar-refractivity contribution is -0.307.